The van der Waals surface area contributed by atoms with Crippen LogP contribution in [0.2, 0.25) is 0 Å². The van der Waals surface area contributed by atoms with Crippen molar-refractivity contribution in [3.63, 3.8) is 0 Å². The molecule has 3 N–H and O–H groups in total. The fourth-order valence-electron chi connectivity index (χ4n) is 2.71. The van der Waals surface area contributed by atoms with E-state index in [4.69, 9.17) is 4.74 Å². The first-order chi connectivity index (χ1) is 14.7. The highest BCUT2D eigenvalue weighted by Gasteiger charge is 2.16. The number of carbonyl (C=O) groups is 1. The number of aromatic nitrogens is 1. The molecular weight excluding hydrogens is 392 g/mol. The third kappa shape index (κ3) is 8.94. The number of hydrogen-bond acceptors (Lipinski definition) is 5. The molecule has 0 aliphatic rings. The molecule has 0 atom stereocenters. The van der Waals surface area contributed by atoms with Crippen LogP contribution in [0.3, 0.4) is 0 Å². The topological polar surface area (TPSA) is 90.9 Å². The van der Waals surface area contributed by atoms with Crippen LogP contribution >= 0.6 is 0 Å². The Morgan fingerprint density at radius 3 is 2.42 bits per heavy atom. The molecule has 0 fully saturated rings. The van der Waals surface area contributed by atoms with Gasteiger partial charge in [-0.05, 0) is 57.0 Å². The van der Waals surface area contributed by atoms with Gasteiger partial charge in [-0.3, -0.25) is 10.3 Å². The van der Waals surface area contributed by atoms with Crippen molar-refractivity contribution in [1.29, 1.82) is 0 Å². The lowest BCUT2D eigenvalue weighted by Crippen LogP contribution is -2.38. The van der Waals surface area contributed by atoms with Crippen molar-refractivity contribution in [1.82, 2.24) is 15.6 Å². The van der Waals surface area contributed by atoms with Crippen molar-refractivity contribution in [2.45, 2.75) is 39.3 Å². The summed E-state index contributed by atoms with van der Waals surface area (Å²) in [5.74, 6) is 1.65. The Hall–Kier alpha value is -3.29. The van der Waals surface area contributed by atoms with Crippen LogP contribution in [-0.2, 0) is 17.7 Å². The summed E-state index contributed by atoms with van der Waals surface area (Å²) >= 11 is 0. The molecular formula is C23H34N6O2. The number of nitrogens with one attached hydrogen (secondary N) is 3. The highest BCUT2D eigenvalue weighted by atomic mass is 16.6. The van der Waals surface area contributed by atoms with E-state index in [9.17, 15) is 4.79 Å². The molecule has 31 heavy (non-hydrogen) atoms. The molecule has 8 nitrogen and oxygen atoms in total. The zero-order valence-electron chi connectivity index (χ0n) is 19.3. The first-order valence-electron chi connectivity index (χ1n) is 10.3. The second-order valence-corrected chi connectivity index (χ2v) is 8.31. The maximum absolute atomic E-state index is 11.8. The van der Waals surface area contributed by atoms with Gasteiger partial charge in [-0.2, -0.15) is 0 Å². The maximum atomic E-state index is 11.8. The Morgan fingerprint density at radius 1 is 1.10 bits per heavy atom. The van der Waals surface area contributed by atoms with Gasteiger partial charge in [0.2, 0.25) is 0 Å². The molecule has 0 saturated carbocycles. The molecule has 1 aromatic heterocycles. The summed E-state index contributed by atoms with van der Waals surface area (Å²) in [5, 5.41) is 9.33. The molecule has 0 bridgehead atoms. The Morgan fingerprint density at radius 2 is 1.81 bits per heavy atom. The van der Waals surface area contributed by atoms with Gasteiger partial charge >= 0.3 is 6.09 Å². The number of aliphatic imine (C=N–C) groups is 1. The number of benzene rings is 1. The minimum atomic E-state index is -0.520. The summed E-state index contributed by atoms with van der Waals surface area (Å²) in [7, 11) is 5.69. The number of pyridine rings is 1. The summed E-state index contributed by atoms with van der Waals surface area (Å²) in [6, 6.07) is 13.7. The third-order valence-electron chi connectivity index (χ3n) is 4.22. The number of guanidine groups is 1. The summed E-state index contributed by atoms with van der Waals surface area (Å²) in [6.07, 6.45) is 0.365. The zero-order valence-corrected chi connectivity index (χ0v) is 19.3. The molecule has 1 aromatic carbocycles. The van der Waals surface area contributed by atoms with Crippen molar-refractivity contribution in [2.75, 3.05) is 37.9 Å². The molecule has 1 amide bonds. The van der Waals surface area contributed by atoms with Crippen LogP contribution in [0, 0.1) is 0 Å². The van der Waals surface area contributed by atoms with Crippen molar-refractivity contribution in [3.8, 4) is 0 Å². The molecule has 0 unspecified atom stereocenters. The second kappa shape index (κ2) is 11.2. The van der Waals surface area contributed by atoms with Gasteiger partial charge in [0.15, 0.2) is 5.96 Å². The summed E-state index contributed by atoms with van der Waals surface area (Å²) in [6.45, 7) is 6.82. The van der Waals surface area contributed by atoms with Crippen LogP contribution < -0.4 is 20.9 Å². The van der Waals surface area contributed by atoms with Gasteiger partial charge in [-0.15, -0.1) is 0 Å². The fraction of sp³-hybridized carbons (Fsp3) is 0.435. The monoisotopic (exact) mass is 426 g/mol. The molecule has 0 spiro atoms. The van der Waals surface area contributed by atoms with Crippen LogP contribution in [0.5, 0.6) is 0 Å². The number of nitrogens with zero attached hydrogens (tertiary/aromatic N) is 3. The number of anilines is 2. The molecule has 0 aliphatic carbocycles. The van der Waals surface area contributed by atoms with Crippen molar-refractivity contribution < 1.29 is 9.53 Å². The van der Waals surface area contributed by atoms with Gasteiger partial charge in [0.05, 0.1) is 12.2 Å². The van der Waals surface area contributed by atoms with Crippen molar-refractivity contribution in [3.05, 3.63) is 53.7 Å². The average Bonchev–Trinajstić information content (AvgIpc) is 2.70. The Bertz CT molecular complexity index is 872. The zero-order chi connectivity index (χ0) is 22.9. The predicted molar refractivity (Wildman–Crippen MR) is 127 cm³/mol. The SMILES string of the molecule is CN=C(NCCc1ccc(NC(=O)OC(C)(C)C)cc1)NCc1cccc(N(C)C)n1. The minimum absolute atomic E-state index is 0.456. The standard InChI is InChI=1S/C23H34N6O2/c1-23(2,3)31-22(30)28-18-12-10-17(11-13-18)14-15-25-21(24-4)26-16-19-8-7-9-20(27-19)29(5)6/h7-13H,14-16H2,1-6H3,(H,28,30)(H2,24,25,26). The molecule has 0 saturated heterocycles. The number of carbonyl (C=O) groups excluding carboxylic acids is 1. The van der Waals surface area contributed by atoms with E-state index in [-0.39, 0.29) is 0 Å². The van der Waals surface area contributed by atoms with Gasteiger partial charge in [-0.1, -0.05) is 18.2 Å². The van der Waals surface area contributed by atoms with Crippen LogP contribution in [0.4, 0.5) is 16.3 Å². The Kier molecular flexibility index (Phi) is 8.66. The third-order valence-corrected chi connectivity index (χ3v) is 4.22. The normalized spacial score (nSPS) is 11.6. The lowest BCUT2D eigenvalue weighted by atomic mass is 10.1. The highest BCUT2D eigenvalue weighted by Crippen LogP contribution is 2.13. The van der Waals surface area contributed by atoms with E-state index < -0.39 is 11.7 Å². The lowest BCUT2D eigenvalue weighted by Gasteiger charge is -2.19. The van der Waals surface area contributed by atoms with E-state index >= 15 is 0 Å². The van der Waals surface area contributed by atoms with Gasteiger partial charge in [0.1, 0.15) is 11.4 Å². The van der Waals surface area contributed by atoms with E-state index in [2.05, 4.69) is 25.9 Å². The summed E-state index contributed by atoms with van der Waals surface area (Å²) in [4.78, 5) is 22.7. The van der Waals surface area contributed by atoms with E-state index in [0.29, 0.717) is 12.2 Å². The lowest BCUT2D eigenvalue weighted by molar-refractivity contribution is 0.0636. The molecule has 168 valence electrons. The quantitative estimate of drug-likeness (QED) is 0.464. The first-order valence-corrected chi connectivity index (χ1v) is 10.3. The summed E-state index contributed by atoms with van der Waals surface area (Å²) < 4.78 is 5.26. The molecule has 8 heteroatoms. The van der Waals surface area contributed by atoms with Gasteiger partial charge < -0.3 is 20.3 Å². The average molecular weight is 427 g/mol. The summed E-state index contributed by atoms with van der Waals surface area (Å²) in [5.41, 5.74) is 2.28. The molecule has 0 radical (unpaired) electrons. The molecule has 2 aromatic rings. The predicted octanol–water partition coefficient (Wildman–Crippen LogP) is 3.40. The van der Waals surface area contributed by atoms with Crippen LogP contribution in [-0.4, -0.2) is 50.3 Å². The van der Waals surface area contributed by atoms with E-state index in [1.165, 1.54) is 0 Å². The smallest absolute Gasteiger partial charge is 0.412 e. The van der Waals surface area contributed by atoms with Crippen molar-refractivity contribution >= 4 is 23.6 Å². The van der Waals surface area contributed by atoms with Crippen LogP contribution in [0.25, 0.3) is 0 Å². The highest BCUT2D eigenvalue weighted by molar-refractivity contribution is 5.84. The van der Waals surface area contributed by atoms with E-state index in [0.717, 1.165) is 36.0 Å². The Labute approximate surface area is 185 Å². The number of rotatable bonds is 7. The number of amides is 1. The Balaban J connectivity index is 1.77. The fourth-order valence-corrected chi connectivity index (χ4v) is 2.71. The largest absolute Gasteiger partial charge is 0.444 e. The second-order valence-electron chi connectivity index (χ2n) is 8.31. The number of hydrogen-bond donors (Lipinski definition) is 3. The maximum Gasteiger partial charge on any atom is 0.412 e. The molecule has 2 rings (SSSR count). The number of ether oxygens (including phenoxy) is 1. The van der Waals surface area contributed by atoms with Crippen molar-refractivity contribution in [2.24, 2.45) is 4.99 Å². The van der Waals surface area contributed by atoms with E-state index in [1.807, 2.05) is 82.2 Å². The van der Waals surface area contributed by atoms with Crippen LogP contribution in [0.15, 0.2) is 47.5 Å². The van der Waals surface area contributed by atoms with Gasteiger partial charge in [0, 0.05) is 33.4 Å². The minimum Gasteiger partial charge on any atom is -0.444 e. The van der Waals surface area contributed by atoms with Crippen LogP contribution in [0.1, 0.15) is 32.0 Å². The first kappa shape index (κ1) is 24.0. The molecule has 0 aliphatic heterocycles. The van der Waals surface area contributed by atoms with Gasteiger partial charge in [-0.25, -0.2) is 9.78 Å². The van der Waals surface area contributed by atoms with Gasteiger partial charge in [0.25, 0.3) is 0 Å². The molecule has 1 heterocycles. The van der Waals surface area contributed by atoms with E-state index in [1.54, 1.807) is 7.05 Å².